The molecule has 1 saturated carbocycles. The quantitative estimate of drug-likeness (QED) is 0.523. The Morgan fingerprint density at radius 3 is 2.81 bits per heavy atom. The van der Waals surface area contributed by atoms with Crippen molar-refractivity contribution in [2.75, 3.05) is 18.5 Å². The van der Waals surface area contributed by atoms with Crippen LogP contribution in [0.4, 0.5) is 5.13 Å². The number of esters is 1. The molecule has 136 valence electrons. The van der Waals surface area contributed by atoms with Gasteiger partial charge in [0.15, 0.2) is 17.4 Å². The van der Waals surface area contributed by atoms with Gasteiger partial charge in [-0.25, -0.2) is 9.78 Å². The molecule has 6 nitrogen and oxygen atoms in total. The lowest BCUT2D eigenvalue weighted by molar-refractivity contribution is -0.125. The van der Waals surface area contributed by atoms with E-state index in [0.717, 1.165) is 18.4 Å². The highest BCUT2D eigenvalue weighted by Crippen LogP contribution is 2.40. The number of hydrogen-bond acceptors (Lipinski definition) is 6. The molecule has 1 aromatic heterocycles. The van der Waals surface area contributed by atoms with Crippen molar-refractivity contribution >= 4 is 28.3 Å². The Morgan fingerprint density at radius 1 is 1.35 bits per heavy atom. The van der Waals surface area contributed by atoms with E-state index < -0.39 is 5.97 Å². The van der Waals surface area contributed by atoms with Crippen molar-refractivity contribution in [3.63, 3.8) is 0 Å². The van der Waals surface area contributed by atoms with Crippen LogP contribution in [0.3, 0.4) is 0 Å². The first kappa shape index (κ1) is 18.1. The number of hydrogen-bond donors (Lipinski definition) is 2. The Morgan fingerprint density at radius 2 is 2.12 bits per heavy atom. The van der Waals surface area contributed by atoms with Crippen LogP contribution in [0.5, 0.6) is 0 Å². The standard InChI is InChI=1S/C19H21N3O3S/c1-2-10-20-19-21-15(12-26-19)18(24)25-11-16(23)22-17(14-8-9-14)13-6-4-3-5-7-13/h2-7,12,14,17H,1,8-11H2,(H,20,21)(H,22,23). The summed E-state index contributed by atoms with van der Waals surface area (Å²) in [6, 6.07) is 9.83. The van der Waals surface area contributed by atoms with Crippen molar-refractivity contribution in [1.29, 1.82) is 0 Å². The van der Waals surface area contributed by atoms with Crippen LogP contribution in [-0.2, 0) is 9.53 Å². The van der Waals surface area contributed by atoms with Crippen LogP contribution < -0.4 is 10.6 Å². The number of benzene rings is 1. The molecule has 1 aromatic carbocycles. The number of anilines is 1. The highest BCUT2D eigenvalue weighted by atomic mass is 32.1. The number of nitrogens with zero attached hydrogens (tertiary/aromatic N) is 1. The summed E-state index contributed by atoms with van der Waals surface area (Å²) in [6.45, 7) is 3.85. The molecule has 2 N–H and O–H groups in total. The summed E-state index contributed by atoms with van der Waals surface area (Å²) in [5, 5.41) is 8.19. The monoisotopic (exact) mass is 371 g/mol. The largest absolute Gasteiger partial charge is 0.451 e. The fourth-order valence-corrected chi connectivity index (χ4v) is 3.28. The molecule has 1 unspecified atom stereocenters. The maximum atomic E-state index is 12.2. The maximum absolute atomic E-state index is 12.2. The lowest BCUT2D eigenvalue weighted by Gasteiger charge is -2.18. The van der Waals surface area contributed by atoms with Crippen molar-refractivity contribution in [2.24, 2.45) is 5.92 Å². The molecule has 1 atom stereocenters. The molecule has 7 heteroatoms. The van der Waals surface area contributed by atoms with E-state index in [-0.39, 0.29) is 24.2 Å². The third-order valence-electron chi connectivity index (χ3n) is 4.01. The molecule has 26 heavy (non-hydrogen) atoms. The van der Waals surface area contributed by atoms with Crippen molar-refractivity contribution in [3.05, 3.63) is 59.6 Å². The molecular weight excluding hydrogens is 350 g/mol. The molecular formula is C19H21N3O3S. The topological polar surface area (TPSA) is 80.3 Å². The normalized spacial score (nSPS) is 14.3. The molecule has 0 aliphatic heterocycles. The van der Waals surface area contributed by atoms with Crippen molar-refractivity contribution in [2.45, 2.75) is 18.9 Å². The van der Waals surface area contributed by atoms with Crippen LogP contribution in [-0.4, -0.2) is 30.0 Å². The molecule has 1 aliphatic carbocycles. The van der Waals surface area contributed by atoms with E-state index in [1.807, 2.05) is 30.3 Å². The van der Waals surface area contributed by atoms with Crippen LogP contribution in [0.15, 0.2) is 48.4 Å². The van der Waals surface area contributed by atoms with Crippen LogP contribution in [0.2, 0.25) is 0 Å². The fraction of sp³-hybridized carbons (Fsp3) is 0.316. The fourth-order valence-electron chi connectivity index (χ4n) is 2.59. The van der Waals surface area contributed by atoms with Gasteiger partial charge >= 0.3 is 5.97 Å². The highest BCUT2D eigenvalue weighted by Gasteiger charge is 2.33. The molecule has 1 aliphatic rings. The van der Waals surface area contributed by atoms with E-state index in [1.54, 1.807) is 11.5 Å². The van der Waals surface area contributed by atoms with E-state index >= 15 is 0 Å². The van der Waals surface area contributed by atoms with Crippen molar-refractivity contribution < 1.29 is 14.3 Å². The summed E-state index contributed by atoms with van der Waals surface area (Å²) in [5.74, 6) is -0.459. The summed E-state index contributed by atoms with van der Waals surface area (Å²) in [4.78, 5) is 28.4. The Bertz CT molecular complexity index is 771. The summed E-state index contributed by atoms with van der Waals surface area (Å²) < 4.78 is 5.09. The second-order valence-electron chi connectivity index (χ2n) is 6.08. The van der Waals surface area contributed by atoms with E-state index in [2.05, 4.69) is 22.2 Å². The summed E-state index contributed by atoms with van der Waals surface area (Å²) in [5.41, 5.74) is 1.27. The van der Waals surface area contributed by atoms with Crippen LogP contribution >= 0.6 is 11.3 Å². The predicted octanol–water partition coefficient (Wildman–Crippen LogP) is 3.17. The van der Waals surface area contributed by atoms with Crippen LogP contribution in [0, 0.1) is 5.92 Å². The number of nitrogens with one attached hydrogen (secondary N) is 2. The highest BCUT2D eigenvalue weighted by molar-refractivity contribution is 7.13. The van der Waals surface area contributed by atoms with Gasteiger partial charge in [-0.1, -0.05) is 36.4 Å². The van der Waals surface area contributed by atoms with Gasteiger partial charge in [0.2, 0.25) is 0 Å². The van der Waals surface area contributed by atoms with E-state index in [9.17, 15) is 9.59 Å². The molecule has 1 amide bonds. The molecule has 0 bridgehead atoms. The van der Waals surface area contributed by atoms with Crippen LogP contribution in [0.1, 0.15) is 34.9 Å². The minimum atomic E-state index is -0.606. The summed E-state index contributed by atoms with van der Waals surface area (Å²) in [7, 11) is 0. The smallest absolute Gasteiger partial charge is 0.358 e. The number of amides is 1. The lowest BCUT2D eigenvalue weighted by Crippen LogP contribution is -2.33. The van der Waals surface area contributed by atoms with Crippen molar-refractivity contribution in [1.82, 2.24) is 10.3 Å². The van der Waals surface area contributed by atoms with E-state index in [1.165, 1.54) is 11.3 Å². The van der Waals surface area contributed by atoms with Crippen LogP contribution in [0.25, 0.3) is 0 Å². The van der Waals surface area contributed by atoms with Gasteiger partial charge in [-0.05, 0) is 24.3 Å². The Hall–Kier alpha value is -2.67. The summed E-state index contributed by atoms with van der Waals surface area (Å²) in [6.07, 6.45) is 3.89. The van der Waals surface area contributed by atoms with Crippen molar-refractivity contribution in [3.8, 4) is 0 Å². The Kier molecular flexibility index (Phi) is 6.01. The van der Waals surface area contributed by atoms with Gasteiger partial charge in [-0.2, -0.15) is 0 Å². The SMILES string of the molecule is C=CCNc1nc(C(=O)OCC(=O)NC(c2ccccc2)C2CC2)cs1. The lowest BCUT2D eigenvalue weighted by atomic mass is 10.0. The minimum absolute atomic E-state index is 0.0311. The van der Waals surface area contributed by atoms with Gasteiger partial charge in [0.25, 0.3) is 5.91 Å². The number of aromatic nitrogens is 1. The zero-order valence-corrected chi connectivity index (χ0v) is 15.1. The van der Waals surface area contributed by atoms with E-state index in [4.69, 9.17) is 4.74 Å². The predicted molar refractivity (Wildman–Crippen MR) is 101 cm³/mol. The molecule has 0 radical (unpaired) electrons. The zero-order chi connectivity index (χ0) is 18.4. The number of carbonyl (C=O) groups is 2. The molecule has 3 rings (SSSR count). The zero-order valence-electron chi connectivity index (χ0n) is 14.3. The minimum Gasteiger partial charge on any atom is -0.451 e. The Labute approximate surface area is 156 Å². The number of rotatable bonds is 9. The number of thiazole rings is 1. The molecule has 1 heterocycles. The Balaban J connectivity index is 1.50. The third kappa shape index (κ3) is 4.92. The van der Waals surface area contributed by atoms with Gasteiger partial charge in [-0.15, -0.1) is 17.9 Å². The first-order valence-electron chi connectivity index (χ1n) is 8.49. The first-order chi connectivity index (χ1) is 12.7. The molecule has 2 aromatic rings. The first-order valence-corrected chi connectivity index (χ1v) is 9.37. The molecule has 1 fully saturated rings. The number of carbonyl (C=O) groups excluding carboxylic acids is 2. The average Bonchev–Trinajstić information content (AvgIpc) is 3.40. The van der Waals surface area contributed by atoms with Gasteiger partial charge < -0.3 is 15.4 Å². The van der Waals surface area contributed by atoms with Gasteiger partial charge in [0, 0.05) is 11.9 Å². The second kappa shape index (κ2) is 8.62. The molecule has 0 saturated heterocycles. The van der Waals surface area contributed by atoms with Gasteiger partial charge in [-0.3, -0.25) is 4.79 Å². The average molecular weight is 371 g/mol. The van der Waals surface area contributed by atoms with E-state index in [0.29, 0.717) is 17.6 Å². The van der Waals surface area contributed by atoms with Gasteiger partial charge in [0.05, 0.1) is 6.04 Å². The second-order valence-corrected chi connectivity index (χ2v) is 6.94. The summed E-state index contributed by atoms with van der Waals surface area (Å²) >= 11 is 1.30. The maximum Gasteiger partial charge on any atom is 0.358 e. The third-order valence-corrected chi connectivity index (χ3v) is 4.81. The molecule has 0 spiro atoms. The number of ether oxygens (including phenoxy) is 1. The van der Waals surface area contributed by atoms with Gasteiger partial charge in [0.1, 0.15) is 0 Å².